The molecule has 3 aromatic rings. The number of likely N-dealkylation sites (tertiary alicyclic amines) is 1. The number of carbonyl (C=O) groups is 1. The molecule has 0 radical (unpaired) electrons. The van der Waals surface area contributed by atoms with Crippen LogP contribution in [-0.2, 0) is 11.3 Å². The van der Waals surface area contributed by atoms with Crippen LogP contribution in [-0.4, -0.2) is 55.8 Å². The summed E-state index contributed by atoms with van der Waals surface area (Å²) in [5.41, 5.74) is 9.22. The lowest BCUT2D eigenvalue weighted by atomic mass is 9.89. The number of aromatic nitrogens is 4. The first kappa shape index (κ1) is 22.8. The molecule has 0 unspecified atom stereocenters. The Morgan fingerprint density at radius 2 is 1.85 bits per heavy atom. The fraction of sp³-hybridized carbons (Fsp3) is 0.500. The Morgan fingerprint density at radius 3 is 2.48 bits per heavy atom. The number of hydrogen-bond donors (Lipinski definition) is 1. The molecule has 2 N–H and O–H groups in total. The summed E-state index contributed by atoms with van der Waals surface area (Å²) < 4.78 is 12.9. The van der Waals surface area contributed by atoms with Crippen LogP contribution >= 0.6 is 0 Å². The molecule has 0 aliphatic carbocycles. The lowest BCUT2D eigenvalue weighted by molar-refractivity contribution is 0.0205. The maximum absolute atomic E-state index is 12.3. The van der Waals surface area contributed by atoms with Crippen molar-refractivity contribution in [3.63, 3.8) is 0 Å². The lowest BCUT2D eigenvalue weighted by Crippen LogP contribution is -2.41. The van der Waals surface area contributed by atoms with Crippen LogP contribution in [0, 0.1) is 0 Å². The van der Waals surface area contributed by atoms with Gasteiger partial charge in [0, 0.05) is 13.1 Å². The van der Waals surface area contributed by atoms with E-state index in [-0.39, 0.29) is 12.1 Å². The first-order chi connectivity index (χ1) is 15.7. The lowest BCUT2D eigenvalue weighted by Gasteiger charge is -2.33. The molecule has 33 heavy (non-hydrogen) atoms. The molecular formula is C24H32N6O3. The van der Waals surface area contributed by atoms with Crippen molar-refractivity contribution in [1.82, 2.24) is 24.4 Å². The monoisotopic (exact) mass is 452 g/mol. The molecule has 1 aliphatic rings. The van der Waals surface area contributed by atoms with E-state index in [2.05, 4.69) is 39.2 Å². The van der Waals surface area contributed by atoms with Crippen molar-refractivity contribution < 1.29 is 14.3 Å². The van der Waals surface area contributed by atoms with Gasteiger partial charge in [0.15, 0.2) is 17.0 Å². The van der Waals surface area contributed by atoms with E-state index in [0.717, 1.165) is 18.4 Å². The number of piperidine rings is 1. The van der Waals surface area contributed by atoms with E-state index in [0.29, 0.717) is 49.1 Å². The third-order valence-corrected chi connectivity index (χ3v) is 5.69. The van der Waals surface area contributed by atoms with Gasteiger partial charge in [0.05, 0.1) is 19.5 Å². The number of benzene rings is 1. The number of fused-ring (bicyclic) bond motifs is 1. The van der Waals surface area contributed by atoms with Crippen LogP contribution in [0.1, 0.15) is 57.6 Å². The number of hydrogen-bond acceptors (Lipinski definition) is 7. The average molecular weight is 453 g/mol. The van der Waals surface area contributed by atoms with Crippen molar-refractivity contribution in [2.45, 2.75) is 58.6 Å². The number of imidazole rings is 1. The van der Waals surface area contributed by atoms with E-state index in [9.17, 15) is 4.79 Å². The summed E-state index contributed by atoms with van der Waals surface area (Å²) >= 11 is 0. The summed E-state index contributed by atoms with van der Waals surface area (Å²) in [6, 6.07) is 8.89. The average Bonchev–Trinajstić information content (AvgIpc) is 3.17. The van der Waals surface area contributed by atoms with Gasteiger partial charge in [0.1, 0.15) is 5.60 Å². The van der Waals surface area contributed by atoms with Gasteiger partial charge in [-0.2, -0.15) is 9.97 Å². The zero-order valence-corrected chi connectivity index (χ0v) is 19.7. The maximum atomic E-state index is 12.3. The largest absolute Gasteiger partial charge is 0.464 e. The highest BCUT2D eigenvalue weighted by Crippen LogP contribution is 2.29. The van der Waals surface area contributed by atoms with Crippen molar-refractivity contribution in [3.05, 3.63) is 41.7 Å². The summed E-state index contributed by atoms with van der Waals surface area (Å²) in [6.07, 6.45) is 3.37. The fourth-order valence-electron chi connectivity index (χ4n) is 4.07. The van der Waals surface area contributed by atoms with E-state index in [1.807, 2.05) is 37.2 Å². The summed E-state index contributed by atoms with van der Waals surface area (Å²) in [4.78, 5) is 27.1. The highest BCUT2D eigenvalue weighted by atomic mass is 16.6. The molecule has 176 valence electrons. The molecule has 1 amide bonds. The summed E-state index contributed by atoms with van der Waals surface area (Å²) in [5.74, 6) is 0.753. The zero-order chi connectivity index (χ0) is 23.6. The Labute approximate surface area is 193 Å². The zero-order valence-electron chi connectivity index (χ0n) is 19.7. The van der Waals surface area contributed by atoms with Gasteiger partial charge in [-0.1, -0.05) is 24.3 Å². The van der Waals surface area contributed by atoms with Crippen molar-refractivity contribution in [1.29, 1.82) is 0 Å². The summed E-state index contributed by atoms with van der Waals surface area (Å²) in [6.45, 7) is 10.1. The van der Waals surface area contributed by atoms with Crippen molar-refractivity contribution >= 4 is 23.1 Å². The number of anilines is 1. The van der Waals surface area contributed by atoms with Crippen LogP contribution in [0.15, 0.2) is 30.6 Å². The molecule has 1 saturated heterocycles. The van der Waals surface area contributed by atoms with Crippen molar-refractivity contribution in [2.75, 3.05) is 25.4 Å². The van der Waals surface area contributed by atoms with Gasteiger partial charge in [-0.05, 0) is 57.6 Å². The molecule has 1 fully saturated rings. The van der Waals surface area contributed by atoms with E-state index in [4.69, 9.17) is 15.2 Å². The number of nitrogen functional groups attached to an aromatic ring is 1. The van der Waals surface area contributed by atoms with Gasteiger partial charge in [-0.25, -0.2) is 9.78 Å². The number of ether oxygens (including phenoxy) is 2. The Balaban J connectivity index is 1.40. The first-order valence-corrected chi connectivity index (χ1v) is 11.4. The molecular weight excluding hydrogens is 420 g/mol. The predicted molar refractivity (Wildman–Crippen MR) is 126 cm³/mol. The summed E-state index contributed by atoms with van der Waals surface area (Å²) in [5, 5.41) is 0. The van der Waals surface area contributed by atoms with Gasteiger partial charge in [-0.15, -0.1) is 0 Å². The first-order valence-electron chi connectivity index (χ1n) is 11.4. The second-order valence-corrected chi connectivity index (χ2v) is 9.35. The molecule has 0 spiro atoms. The van der Waals surface area contributed by atoms with Gasteiger partial charge in [-0.3, -0.25) is 0 Å². The Bertz CT molecular complexity index is 1110. The normalized spacial score (nSPS) is 15.1. The fourth-order valence-corrected chi connectivity index (χ4v) is 4.07. The minimum Gasteiger partial charge on any atom is -0.464 e. The van der Waals surface area contributed by atoms with E-state index >= 15 is 0 Å². The van der Waals surface area contributed by atoms with Crippen LogP contribution < -0.4 is 10.5 Å². The molecule has 0 bridgehead atoms. The maximum Gasteiger partial charge on any atom is 0.410 e. The minimum atomic E-state index is -0.466. The SMILES string of the molecule is CCOc1nc(N)c2ncn(Cc3ccc(C4CCN(C(=O)OC(C)(C)C)CC4)cc3)c2n1. The Kier molecular flexibility index (Phi) is 6.40. The highest BCUT2D eigenvalue weighted by molar-refractivity contribution is 5.82. The number of carbonyl (C=O) groups excluding carboxylic acids is 1. The highest BCUT2D eigenvalue weighted by Gasteiger charge is 2.27. The molecule has 2 aromatic heterocycles. The van der Waals surface area contributed by atoms with Crippen molar-refractivity contribution in [2.24, 2.45) is 0 Å². The number of amides is 1. The van der Waals surface area contributed by atoms with Crippen LogP contribution in [0.4, 0.5) is 10.6 Å². The second-order valence-electron chi connectivity index (χ2n) is 9.35. The third-order valence-electron chi connectivity index (χ3n) is 5.69. The molecule has 0 saturated carbocycles. The number of nitrogens with zero attached hydrogens (tertiary/aromatic N) is 5. The quantitative estimate of drug-likeness (QED) is 0.624. The van der Waals surface area contributed by atoms with Crippen LogP contribution in [0.5, 0.6) is 6.01 Å². The van der Waals surface area contributed by atoms with Gasteiger partial charge in [0.25, 0.3) is 0 Å². The molecule has 4 rings (SSSR count). The third kappa shape index (κ3) is 5.35. The van der Waals surface area contributed by atoms with E-state index < -0.39 is 5.60 Å². The molecule has 1 aromatic carbocycles. The van der Waals surface area contributed by atoms with E-state index in [1.165, 1.54) is 5.56 Å². The van der Waals surface area contributed by atoms with Crippen LogP contribution in [0.2, 0.25) is 0 Å². The van der Waals surface area contributed by atoms with Crippen molar-refractivity contribution in [3.8, 4) is 6.01 Å². The Hall–Kier alpha value is -3.36. The molecule has 9 nitrogen and oxygen atoms in total. The van der Waals surface area contributed by atoms with E-state index in [1.54, 1.807) is 6.33 Å². The smallest absolute Gasteiger partial charge is 0.410 e. The minimum absolute atomic E-state index is 0.221. The molecule has 3 heterocycles. The summed E-state index contributed by atoms with van der Waals surface area (Å²) in [7, 11) is 0. The predicted octanol–water partition coefficient (Wildman–Crippen LogP) is 3.97. The van der Waals surface area contributed by atoms with Gasteiger partial charge < -0.3 is 24.7 Å². The van der Waals surface area contributed by atoms with Crippen LogP contribution in [0.25, 0.3) is 11.2 Å². The molecule has 9 heteroatoms. The molecule has 0 atom stereocenters. The number of rotatable bonds is 5. The van der Waals surface area contributed by atoms with Crippen LogP contribution in [0.3, 0.4) is 0 Å². The Morgan fingerprint density at radius 1 is 1.15 bits per heavy atom. The number of nitrogens with two attached hydrogens (primary N) is 1. The standard InChI is InChI=1S/C24H32N6O3/c1-5-32-22-27-20(25)19-21(28-22)30(15-26-19)14-16-6-8-17(9-7-16)18-10-12-29(13-11-18)23(31)33-24(2,3)4/h6-9,15,18H,5,10-14H2,1-4H3,(H2,25,27,28). The molecule has 1 aliphatic heterocycles. The second kappa shape index (κ2) is 9.25. The van der Waals surface area contributed by atoms with Gasteiger partial charge in [0.2, 0.25) is 0 Å². The van der Waals surface area contributed by atoms with Gasteiger partial charge >= 0.3 is 12.1 Å². The topological polar surface area (TPSA) is 108 Å².